The summed E-state index contributed by atoms with van der Waals surface area (Å²) in [6.07, 6.45) is 2.82. The van der Waals surface area contributed by atoms with Gasteiger partial charge in [0.15, 0.2) is 0 Å². The average molecular weight is 242 g/mol. The van der Waals surface area contributed by atoms with Crippen LogP contribution in [0.25, 0.3) is 0 Å². The molecule has 0 saturated carbocycles. The fourth-order valence-electron chi connectivity index (χ4n) is 1.70. The van der Waals surface area contributed by atoms with Crippen molar-refractivity contribution < 1.29 is 9.53 Å². The lowest BCUT2D eigenvalue weighted by molar-refractivity contribution is -0.161. The third-order valence-corrected chi connectivity index (χ3v) is 3.18. The van der Waals surface area contributed by atoms with Crippen molar-refractivity contribution in [2.75, 3.05) is 0 Å². The van der Waals surface area contributed by atoms with E-state index in [0.717, 1.165) is 19.3 Å². The van der Waals surface area contributed by atoms with Crippen molar-refractivity contribution in [1.29, 1.82) is 0 Å². The number of carbonyl (C=O) groups excluding carboxylic acids is 1. The van der Waals surface area contributed by atoms with Gasteiger partial charge in [0.2, 0.25) is 0 Å². The molecular formula is C15H30O2. The summed E-state index contributed by atoms with van der Waals surface area (Å²) in [4.78, 5) is 12.0. The Balaban J connectivity index is 4.47. The lowest BCUT2D eigenvalue weighted by atomic mass is 9.90. The summed E-state index contributed by atoms with van der Waals surface area (Å²) in [7, 11) is 0. The van der Waals surface area contributed by atoms with Gasteiger partial charge in [-0.05, 0) is 44.9 Å². The highest BCUT2D eigenvalue weighted by molar-refractivity contribution is 5.75. The molecule has 0 aromatic heterocycles. The second-order valence-electron chi connectivity index (χ2n) is 6.52. The van der Waals surface area contributed by atoms with Gasteiger partial charge in [-0.25, -0.2) is 0 Å². The van der Waals surface area contributed by atoms with Crippen molar-refractivity contribution >= 4 is 5.97 Å². The van der Waals surface area contributed by atoms with Gasteiger partial charge in [0.1, 0.15) is 6.10 Å². The van der Waals surface area contributed by atoms with E-state index in [4.69, 9.17) is 4.74 Å². The molecule has 0 aliphatic rings. The van der Waals surface area contributed by atoms with Crippen molar-refractivity contribution in [3.8, 4) is 0 Å². The van der Waals surface area contributed by atoms with Gasteiger partial charge in [0, 0.05) is 0 Å². The van der Waals surface area contributed by atoms with Crippen LogP contribution in [0.1, 0.15) is 67.7 Å². The standard InChI is InChI=1S/C15H30O2/c1-8-15(6,7)14(16)17-13(9-11(2)3)10-12(4)5/h11-13H,8-10H2,1-7H3. The Morgan fingerprint density at radius 2 is 1.47 bits per heavy atom. The van der Waals surface area contributed by atoms with Crippen molar-refractivity contribution in [3.63, 3.8) is 0 Å². The average Bonchev–Trinajstić information content (AvgIpc) is 2.15. The normalized spacial score (nSPS) is 12.6. The molecule has 0 aromatic carbocycles. The first-order chi connectivity index (χ1) is 7.69. The summed E-state index contributed by atoms with van der Waals surface area (Å²) >= 11 is 0. The quantitative estimate of drug-likeness (QED) is 0.617. The monoisotopic (exact) mass is 242 g/mol. The van der Waals surface area contributed by atoms with Crippen LogP contribution in [0.4, 0.5) is 0 Å². The van der Waals surface area contributed by atoms with Crippen LogP contribution < -0.4 is 0 Å². The minimum absolute atomic E-state index is 0.0497. The first kappa shape index (κ1) is 16.5. The summed E-state index contributed by atoms with van der Waals surface area (Å²) < 4.78 is 5.69. The Kier molecular flexibility index (Phi) is 6.81. The molecule has 0 atom stereocenters. The van der Waals surface area contributed by atoms with E-state index in [0.29, 0.717) is 11.8 Å². The minimum atomic E-state index is -0.355. The van der Waals surface area contributed by atoms with Gasteiger partial charge in [-0.2, -0.15) is 0 Å². The van der Waals surface area contributed by atoms with E-state index in [1.54, 1.807) is 0 Å². The van der Waals surface area contributed by atoms with E-state index in [9.17, 15) is 4.79 Å². The second kappa shape index (κ2) is 7.03. The summed E-state index contributed by atoms with van der Waals surface area (Å²) in [6.45, 7) is 14.6. The molecule has 0 aliphatic carbocycles. The maximum atomic E-state index is 12.0. The Morgan fingerprint density at radius 3 is 1.76 bits per heavy atom. The summed E-state index contributed by atoms with van der Waals surface area (Å²) in [5.74, 6) is 1.08. The maximum Gasteiger partial charge on any atom is 0.311 e. The highest BCUT2D eigenvalue weighted by Gasteiger charge is 2.29. The van der Waals surface area contributed by atoms with E-state index in [-0.39, 0.29) is 17.5 Å². The van der Waals surface area contributed by atoms with Crippen LogP contribution in [0.5, 0.6) is 0 Å². The van der Waals surface area contributed by atoms with Gasteiger partial charge in [-0.3, -0.25) is 4.79 Å². The molecule has 0 unspecified atom stereocenters. The fourth-order valence-corrected chi connectivity index (χ4v) is 1.70. The molecule has 0 amide bonds. The van der Waals surface area contributed by atoms with Crippen LogP contribution in [0.2, 0.25) is 0 Å². The van der Waals surface area contributed by atoms with Crippen LogP contribution in [-0.2, 0) is 9.53 Å². The molecule has 102 valence electrons. The highest BCUT2D eigenvalue weighted by Crippen LogP contribution is 2.25. The number of hydrogen-bond acceptors (Lipinski definition) is 2. The Bertz CT molecular complexity index is 219. The molecule has 0 aliphatic heterocycles. The van der Waals surface area contributed by atoms with Crippen LogP contribution >= 0.6 is 0 Å². The number of hydrogen-bond donors (Lipinski definition) is 0. The Labute approximate surface area is 107 Å². The van der Waals surface area contributed by atoms with E-state index >= 15 is 0 Å². The van der Waals surface area contributed by atoms with E-state index in [1.165, 1.54) is 0 Å². The highest BCUT2D eigenvalue weighted by atomic mass is 16.5. The molecular weight excluding hydrogens is 212 g/mol. The summed E-state index contributed by atoms with van der Waals surface area (Å²) in [5.41, 5.74) is -0.355. The maximum absolute atomic E-state index is 12.0. The van der Waals surface area contributed by atoms with Gasteiger partial charge < -0.3 is 4.74 Å². The molecule has 0 spiro atoms. The van der Waals surface area contributed by atoms with Crippen LogP contribution in [0.3, 0.4) is 0 Å². The lowest BCUT2D eigenvalue weighted by Crippen LogP contribution is -2.31. The Hall–Kier alpha value is -0.530. The summed E-state index contributed by atoms with van der Waals surface area (Å²) in [6, 6.07) is 0. The molecule has 2 heteroatoms. The molecule has 2 nitrogen and oxygen atoms in total. The third kappa shape index (κ3) is 6.70. The topological polar surface area (TPSA) is 26.3 Å². The molecule has 0 bridgehead atoms. The zero-order chi connectivity index (χ0) is 13.6. The molecule has 17 heavy (non-hydrogen) atoms. The van der Waals surface area contributed by atoms with Gasteiger partial charge >= 0.3 is 5.97 Å². The first-order valence-electron chi connectivity index (χ1n) is 6.90. The number of ether oxygens (including phenoxy) is 1. The smallest absolute Gasteiger partial charge is 0.311 e. The van der Waals surface area contributed by atoms with Crippen LogP contribution in [0.15, 0.2) is 0 Å². The van der Waals surface area contributed by atoms with Gasteiger partial charge in [-0.1, -0.05) is 34.6 Å². The van der Waals surface area contributed by atoms with Crippen molar-refractivity contribution in [2.24, 2.45) is 17.3 Å². The predicted octanol–water partition coefficient (Wildman–Crippen LogP) is 4.43. The van der Waals surface area contributed by atoms with Crippen LogP contribution in [-0.4, -0.2) is 12.1 Å². The van der Waals surface area contributed by atoms with Crippen LogP contribution in [0, 0.1) is 17.3 Å². The third-order valence-electron chi connectivity index (χ3n) is 3.18. The van der Waals surface area contributed by atoms with Gasteiger partial charge in [0.25, 0.3) is 0 Å². The molecule has 0 aromatic rings. The predicted molar refractivity (Wildman–Crippen MR) is 72.9 cm³/mol. The first-order valence-corrected chi connectivity index (χ1v) is 6.90. The molecule has 0 radical (unpaired) electrons. The van der Waals surface area contributed by atoms with Crippen molar-refractivity contribution in [1.82, 2.24) is 0 Å². The lowest BCUT2D eigenvalue weighted by Gasteiger charge is -2.27. The van der Waals surface area contributed by atoms with E-state index in [1.807, 2.05) is 20.8 Å². The number of carbonyl (C=O) groups is 1. The van der Waals surface area contributed by atoms with Crippen molar-refractivity contribution in [3.05, 3.63) is 0 Å². The number of rotatable bonds is 7. The molecule has 0 saturated heterocycles. The van der Waals surface area contributed by atoms with E-state index < -0.39 is 0 Å². The van der Waals surface area contributed by atoms with Crippen molar-refractivity contribution in [2.45, 2.75) is 73.8 Å². The largest absolute Gasteiger partial charge is 0.462 e. The molecule has 0 fully saturated rings. The fraction of sp³-hybridized carbons (Fsp3) is 0.933. The summed E-state index contributed by atoms with van der Waals surface area (Å²) in [5, 5.41) is 0. The minimum Gasteiger partial charge on any atom is -0.462 e. The zero-order valence-corrected chi connectivity index (χ0v) is 12.7. The SMILES string of the molecule is CCC(C)(C)C(=O)OC(CC(C)C)CC(C)C. The second-order valence-corrected chi connectivity index (χ2v) is 6.52. The van der Waals surface area contributed by atoms with E-state index in [2.05, 4.69) is 27.7 Å². The molecule has 0 N–H and O–H groups in total. The van der Waals surface area contributed by atoms with Gasteiger partial charge in [0.05, 0.1) is 5.41 Å². The molecule has 0 heterocycles. The van der Waals surface area contributed by atoms with Gasteiger partial charge in [-0.15, -0.1) is 0 Å². The number of esters is 1. The Morgan fingerprint density at radius 1 is 1.06 bits per heavy atom. The zero-order valence-electron chi connectivity index (χ0n) is 12.7. The molecule has 0 rings (SSSR count).